The summed E-state index contributed by atoms with van der Waals surface area (Å²) in [6.45, 7) is 7.10. The highest BCUT2D eigenvalue weighted by atomic mass is 19.1. The molecule has 1 saturated heterocycles. The maximum absolute atomic E-state index is 13.9. The van der Waals surface area contributed by atoms with E-state index in [0.29, 0.717) is 18.0 Å². The van der Waals surface area contributed by atoms with E-state index in [0.717, 1.165) is 32.5 Å². The average molecular weight is 413 g/mol. The zero-order chi connectivity index (χ0) is 21.3. The number of nitrogens with one attached hydrogen (secondary N) is 2. The lowest BCUT2D eigenvalue weighted by molar-refractivity contribution is 0.134. The molecule has 1 aliphatic heterocycles. The molecule has 2 aromatic carbocycles. The monoisotopic (exact) mass is 412 g/mol. The number of guanidine groups is 1. The highest BCUT2D eigenvalue weighted by molar-refractivity contribution is 5.80. The van der Waals surface area contributed by atoms with Gasteiger partial charge in [0.15, 0.2) is 5.96 Å². The number of aliphatic imine (C=N–C) groups is 1. The Kier molecular flexibility index (Phi) is 8.22. The second-order valence-electron chi connectivity index (χ2n) is 7.93. The Bertz CT molecular complexity index is 814. The molecule has 5 nitrogen and oxygen atoms in total. The summed E-state index contributed by atoms with van der Waals surface area (Å²) < 4.78 is 13.9. The molecule has 1 fully saturated rings. The van der Waals surface area contributed by atoms with Gasteiger partial charge in [-0.3, -0.25) is 9.89 Å². The molecule has 0 aliphatic carbocycles. The van der Waals surface area contributed by atoms with Crippen molar-refractivity contribution in [2.75, 3.05) is 19.6 Å². The van der Waals surface area contributed by atoms with E-state index in [-0.39, 0.29) is 12.1 Å². The molecule has 0 spiro atoms. The largest absolute Gasteiger partial charge is 0.386 e. The molecule has 3 N–H and O–H groups in total. The van der Waals surface area contributed by atoms with Crippen LogP contribution in [0.15, 0.2) is 59.6 Å². The van der Waals surface area contributed by atoms with Crippen LogP contribution in [0.5, 0.6) is 0 Å². The predicted molar refractivity (Wildman–Crippen MR) is 120 cm³/mol. The number of likely N-dealkylation sites (tertiary alicyclic amines) is 1. The first kappa shape index (κ1) is 22.2. The van der Waals surface area contributed by atoms with E-state index in [9.17, 15) is 9.50 Å². The van der Waals surface area contributed by atoms with Crippen LogP contribution in [-0.4, -0.2) is 47.7 Å². The summed E-state index contributed by atoms with van der Waals surface area (Å²) in [5.74, 6) is 0.263. The normalized spacial score (nSPS) is 21.3. The van der Waals surface area contributed by atoms with Crippen LogP contribution in [-0.2, 0) is 6.54 Å². The van der Waals surface area contributed by atoms with Crippen molar-refractivity contribution in [3.63, 3.8) is 0 Å². The molecule has 3 rings (SSSR count). The number of piperidine rings is 1. The predicted octanol–water partition coefficient (Wildman–Crippen LogP) is 3.47. The minimum absolute atomic E-state index is 0.110. The first-order chi connectivity index (χ1) is 14.6. The zero-order valence-electron chi connectivity index (χ0n) is 17.9. The number of nitrogens with zero attached hydrogens (tertiary/aromatic N) is 2. The van der Waals surface area contributed by atoms with Gasteiger partial charge in [-0.25, -0.2) is 4.39 Å². The molecule has 0 aromatic heterocycles. The van der Waals surface area contributed by atoms with Gasteiger partial charge in [-0.15, -0.1) is 0 Å². The van der Waals surface area contributed by atoms with Crippen molar-refractivity contribution in [1.29, 1.82) is 0 Å². The molecule has 6 heteroatoms. The summed E-state index contributed by atoms with van der Waals surface area (Å²) in [5.41, 5.74) is 1.62. The summed E-state index contributed by atoms with van der Waals surface area (Å²) >= 11 is 0. The molecule has 162 valence electrons. The van der Waals surface area contributed by atoms with Crippen LogP contribution in [0.2, 0.25) is 0 Å². The Balaban J connectivity index is 1.55. The summed E-state index contributed by atoms with van der Waals surface area (Å²) in [6, 6.07) is 17.6. The fourth-order valence-electron chi connectivity index (χ4n) is 3.94. The third-order valence-corrected chi connectivity index (χ3v) is 5.61. The average Bonchev–Trinajstić information content (AvgIpc) is 2.75. The van der Waals surface area contributed by atoms with Crippen molar-refractivity contribution in [1.82, 2.24) is 15.5 Å². The molecule has 0 amide bonds. The molecule has 3 unspecified atom stereocenters. The van der Waals surface area contributed by atoms with Crippen molar-refractivity contribution in [3.8, 4) is 0 Å². The van der Waals surface area contributed by atoms with E-state index in [1.165, 1.54) is 11.6 Å². The molecule has 0 bridgehead atoms. The van der Waals surface area contributed by atoms with Crippen molar-refractivity contribution in [3.05, 3.63) is 71.5 Å². The number of halogens is 1. The minimum Gasteiger partial charge on any atom is -0.386 e. The van der Waals surface area contributed by atoms with E-state index in [2.05, 4.69) is 51.7 Å². The van der Waals surface area contributed by atoms with Crippen LogP contribution in [0, 0.1) is 5.82 Å². The summed E-state index contributed by atoms with van der Waals surface area (Å²) in [6.07, 6.45) is 1.08. The first-order valence-corrected chi connectivity index (χ1v) is 10.8. The second-order valence-corrected chi connectivity index (χ2v) is 7.93. The van der Waals surface area contributed by atoms with Crippen LogP contribution in [0.4, 0.5) is 4.39 Å². The van der Waals surface area contributed by atoms with Gasteiger partial charge < -0.3 is 15.7 Å². The highest BCUT2D eigenvalue weighted by Gasteiger charge is 2.26. The lowest BCUT2D eigenvalue weighted by Gasteiger charge is -2.38. The molecule has 3 atom stereocenters. The quantitative estimate of drug-likeness (QED) is 0.481. The number of aliphatic hydroxyl groups excluding tert-OH is 1. The van der Waals surface area contributed by atoms with Crippen molar-refractivity contribution in [2.45, 2.75) is 51.4 Å². The van der Waals surface area contributed by atoms with Crippen LogP contribution in [0.3, 0.4) is 0 Å². The van der Waals surface area contributed by atoms with Crippen LogP contribution in [0.1, 0.15) is 43.9 Å². The molecular formula is C24H33FN4O. The number of rotatable bonds is 7. The molecule has 30 heavy (non-hydrogen) atoms. The Morgan fingerprint density at radius 1 is 1.20 bits per heavy atom. The maximum Gasteiger partial charge on any atom is 0.191 e. The molecule has 1 aliphatic rings. The Hall–Kier alpha value is -2.44. The van der Waals surface area contributed by atoms with Gasteiger partial charge in [0.1, 0.15) is 11.9 Å². The standard InChI is InChI=1S/C24H33FN4O/c1-3-26-24(27-16-23(30)21-11-7-8-12-22(21)25)28-20-13-14-29(18(2)15-20)17-19-9-5-4-6-10-19/h4-12,18,20,23,30H,3,13-17H2,1-2H3,(H2,26,27,28). The topological polar surface area (TPSA) is 59.9 Å². The Morgan fingerprint density at radius 2 is 1.93 bits per heavy atom. The van der Waals surface area contributed by atoms with Gasteiger partial charge in [0, 0.05) is 37.3 Å². The lowest BCUT2D eigenvalue weighted by Crippen LogP contribution is -2.51. The summed E-state index contributed by atoms with van der Waals surface area (Å²) in [4.78, 5) is 7.01. The van der Waals surface area contributed by atoms with Gasteiger partial charge in [0.2, 0.25) is 0 Å². The third-order valence-electron chi connectivity index (χ3n) is 5.61. The fourth-order valence-corrected chi connectivity index (χ4v) is 3.94. The van der Waals surface area contributed by atoms with Gasteiger partial charge in [0.25, 0.3) is 0 Å². The molecule has 1 heterocycles. The molecular weight excluding hydrogens is 379 g/mol. The van der Waals surface area contributed by atoms with Crippen molar-refractivity contribution >= 4 is 5.96 Å². The molecule has 2 aromatic rings. The molecule has 0 radical (unpaired) electrons. The van der Waals surface area contributed by atoms with E-state index < -0.39 is 11.9 Å². The first-order valence-electron chi connectivity index (χ1n) is 10.8. The van der Waals surface area contributed by atoms with Gasteiger partial charge in [-0.05, 0) is 38.3 Å². The second kappa shape index (κ2) is 11.1. The summed E-state index contributed by atoms with van der Waals surface area (Å²) in [7, 11) is 0. The van der Waals surface area contributed by atoms with E-state index >= 15 is 0 Å². The van der Waals surface area contributed by atoms with E-state index in [4.69, 9.17) is 0 Å². The molecule has 0 saturated carbocycles. The Labute approximate surface area is 179 Å². The van der Waals surface area contributed by atoms with Gasteiger partial charge in [0.05, 0.1) is 6.54 Å². The van der Waals surface area contributed by atoms with Crippen LogP contribution < -0.4 is 10.6 Å². The van der Waals surface area contributed by atoms with Crippen molar-refractivity contribution < 1.29 is 9.50 Å². The van der Waals surface area contributed by atoms with Crippen molar-refractivity contribution in [2.24, 2.45) is 4.99 Å². The fraction of sp³-hybridized carbons (Fsp3) is 0.458. The minimum atomic E-state index is -0.965. The smallest absolute Gasteiger partial charge is 0.191 e. The van der Waals surface area contributed by atoms with Gasteiger partial charge in [-0.2, -0.15) is 0 Å². The Morgan fingerprint density at radius 3 is 2.63 bits per heavy atom. The maximum atomic E-state index is 13.9. The number of benzene rings is 2. The SMILES string of the molecule is CCNC(=NCC(O)c1ccccc1F)NC1CCN(Cc2ccccc2)C(C)C1. The number of hydrogen-bond acceptors (Lipinski definition) is 3. The van der Waals surface area contributed by atoms with E-state index in [1.807, 2.05) is 13.0 Å². The highest BCUT2D eigenvalue weighted by Crippen LogP contribution is 2.20. The van der Waals surface area contributed by atoms with Crippen LogP contribution in [0.25, 0.3) is 0 Å². The van der Waals surface area contributed by atoms with Gasteiger partial charge in [-0.1, -0.05) is 48.5 Å². The number of aliphatic hydroxyl groups is 1. The number of hydrogen-bond donors (Lipinski definition) is 3. The van der Waals surface area contributed by atoms with E-state index in [1.54, 1.807) is 18.2 Å². The van der Waals surface area contributed by atoms with Crippen LogP contribution >= 0.6 is 0 Å². The zero-order valence-corrected chi connectivity index (χ0v) is 17.9. The third kappa shape index (κ3) is 6.28. The lowest BCUT2D eigenvalue weighted by atomic mass is 9.97. The van der Waals surface area contributed by atoms with Gasteiger partial charge >= 0.3 is 0 Å². The summed E-state index contributed by atoms with van der Waals surface area (Å²) in [5, 5.41) is 17.1.